The summed E-state index contributed by atoms with van der Waals surface area (Å²) in [6, 6.07) is 14.8. The van der Waals surface area contributed by atoms with Gasteiger partial charge in [-0.05, 0) is 23.6 Å². The van der Waals surface area contributed by atoms with Gasteiger partial charge in [-0.15, -0.1) is 0 Å². The van der Waals surface area contributed by atoms with E-state index in [1.165, 1.54) is 11.1 Å². The molecule has 0 saturated heterocycles. The second kappa shape index (κ2) is 7.95. The highest BCUT2D eigenvalue weighted by atomic mass is 16.6. The predicted octanol–water partition coefficient (Wildman–Crippen LogP) is 3.75. The molecule has 0 N–H and O–H groups in total. The maximum atomic E-state index is 12.4. The van der Waals surface area contributed by atoms with Crippen molar-refractivity contribution < 1.29 is 9.53 Å². The van der Waals surface area contributed by atoms with E-state index in [9.17, 15) is 4.79 Å². The maximum Gasteiger partial charge on any atom is 0.415 e. The summed E-state index contributed by atoms with van der Waals surface area (Å²) in [5.41, 5.74) is 1.38. The molecule has 1 aromatic heterocycles. The summed E-state index contributed by atoms with van der Waals surface area (Å²) >= 11 is 0. The van der Waals surface area contributed by atoms with Gasteiger partial charge in [0.1, 0.15) is 18.5 Å². The Bertz CT molecular complexity index is 676. The van der Waals surface area contributed by atoms with Crippen LogP contribution in [0.4, 0.5) is 10.6 Å². The van der Waals surface area contributed by atoms with E-state index in [-0.39, 0.29) is 12.5 Å². The quantitative estimate of drug-likeness (QED) is 0.843. The standard InChI is InChI=1S/C18H19N3O2/c1-14(2)12-21(17-9-8-16(10-19)11-20-17)18(22)23-13-15-6-4-3-5-7-15/h3-9,11,14H,12-13H2,1-2H3. The fourth-order valence-corrected chi connectivity index (χ4v) is 2.04. The third-order valence-electron chi connectivity index (χ3n) is 3.13. The molecule has 0 aliphatic carbocycles. The molecule has 0 spiro atoms. The normalized spacial score (nSPS) is 10.2. The Morgan fingerprint density at radius 2 is 2.00 bits per heavy atom. The summed E-state index contributed by atoms with van der Waals surface area (Å²) in [4.78, 5) is 18.1. The number of hydrogen-bond acceptors (Lipinski definition) is 4. The first-order valence-electron chi connectivity index (χ1n) is 7.44. The summed E-state index contributed by atoms with van der Waals surface area (Å²) in [5, 5.41) is 8.84. The lowest BCUT2D eigenvalue weighted by atomic mass is 10.2. The average molecular weight is 309 g/mol. The number of hydrogen-bond donors (Lipinski definition) is 0. The smallest absolute Gasteiger partial charge is 0.415 e. The SMILES string of the molecule is CC(C)CN(C(=O)OCc1ccccc1)c1ccc(C#N)cn1. The first kappa shape index (κ1) is 16.5. The summed E-state index contributed by atoms with van der Waals surface area (Å²) in [6.07, 6.45) is 1.01. The summed E-state index contributed by atoms with van der Waals surface area (Å²) in [6.45, 7) is 4.74. The molecular weight excluding hydrogens is 290 g/mol. The van der Waals surface area contributed by atoms with Gasteiger partial charge in [-0.3, -0.25) is 4.90 Å². The Kier molecular flexibility index (Phi) is 5.70. The van der Waals surface area contributed by atoms with Crippen LogP contribution in [0.3, 0.4) is 0 Å². The minimum absolute atomic E-state index is 0.213. The Hall–Kier alpha value is -2.87. The molecule has 1 heterocycles. The molecular formula is C18H19N3O2. The van der Waals surface area contributed by atoms with Crippen molar-refractivity contribution >= 4 is 11.9 Å². The third kappa shape index (κ3) is 4.82. The number of anilines is 1. The molecule has 0 atom stereocenters. The highest BCUT2D eigenvalue weighted by molar-refractivity contribution is 5.86. The van der Waals surface area contributed by atoms with E-state index >= 15 is 0 Å². The lowest BCUT2D eigenvalue weighted by Gasteiger charge is -2.23. The van der Waals surface area contributed by atoms with Gasteiger partial charge in [0.2, 0.25) is 0 Å². The molecule has 0 bridgehead atoms. The van der Waals surface area contributed by atoms with Crippen molar-refractivity contribution in [3.8, 4) is 6.07 Å². The van der Waals surface area contributed by atoms with Gasteiger partial charge in [0.05, 0.1) is 5.56 Å². The predicted molar refractivity (Wildman–Crippen MR) is 87.8 cm³/mol. The van der Waals surface area contributed by atoms with Crippen LogP contribution in [0, 0.1) is 17.2 Å². The van der Waals surface area contributed by atoms with Crippen LogP contribution in [0.25, 0.3) is 0 Å². The number of aromatic nitrogens is 1. The van der Waals surface area contributed by atoms with E-state index in [1.807, 2.05) is 50.2 Å². The van der Waals surface area contributed by atoms with Crippen LogP contribution in [-0.4, -0.2) is 17.6 Å². The molecule has 0 fully saturated rings. The fourth-order valence-electron chi connectivity index (χ4n) is 2.04. The van der Waals surface area contributed by atoms with Crippen molar-refractivity contribution in [2.24, 2.45) is 5.92 Å². The van der Waals surface area contributed by atoms with Crippen LogP contribution >= 0.6 is 0 Å². The topological polar surface area (TPSA) is 66.2 Å². The molecule has 0 aliphatic rings. The second-order valence-electron chi connectivity index (χ2n) is 5.56. The zero-order valence-corrected chi connectivity index (χ0v) is 13.3. The van der Waals surface area contributed by atoms with Gasteiger partial charge >= 0.3 is 6.09 Å². The number of benzene rings is 1. The summed E-state index contributed by atoms with van der Waals surface area (Å²) < 4.78 is 5.38. The van der Waals surface area contributed by atoms with Gasteiger partial charge in [-0.25, -0.2) is 9.78 Å². The van der Waals surface area contributed by atoms with Crippen molar-refractivity contribution in [2.75, 3.05) is 11.4 Å². The zero-order chi connectivity index (χ0) is 16.7. The number of ether oxygens (including phenoxy) is 1. The molecule has 23 heavy (non-hydrogen) atoms. The average Bonchev–Trinajstić information content (AvgIpc) is 2.58. The van der Waals surface area contributed by atoms with E-state index in [1.54, 1.807) is 12.1 Å². The minimum Gasteiger partial charge on any atom is -0.444 e. The Labute approximate surface area is 136 Å². The minimum atomic E-state index is -0.445. The number of rotatable bonds is 5. The second-order valence-corrected chi connectivity index (χ2v) is 5.56. The molecule has 0 aliphatic heterocycles. The number of pyridine rings is 1. The van der Waals surface area contributed by atoms with E-state index in [2.05, 4.69) is 4.98 Å². The molecule has 0 saturated carbocycles. The number of nitriles is 1. The van der Waals surface area contributed by atoms with Gasteiger partial charge in [-0.1, -0.05) is 44.2 Å². The van der Waals surface area contributed by atoms with Crippen molar-refractivity contribution in [1.29, 1.82) is 5.26 Å². The molecule has 2 rings (SSSR count). The molecule has 0 unspecified atom stereocenters. The van der Waals surface area contributed by atoms with Gasteiger partial charge in [0, 0.05) is 12.7 Å². The lowest BCUT2D eigenvalue weighted by molar-refractivity contribution is 0.146. The van der Waals surface area contributed by atoms with Crippen LogP contribution < -0.4 is 4.90 Å². The maximum absolute atomic E-state index is 12.4. The highest BCUT2D eigenvalue weighted by Crippen LogP contribution is 2.15. The van der Waals surface area contributed by atoms with Crippen LogP contribution in [0.2, 0.25) is 0 Å². The molecule has 1 amide bonds. The van der Waals surface area contributed by atoms with Crippen molar-refractivity contribution in [3.63, 3.8) is 0 Å². The monoisotopic (exact) mass is 309 g/mol. The van der Waals surface area contributed by atoms with E-state index in [0.29, 0.717) is 17.9 Å². The molecule has 0 radical (unpaired) electrons. The van der Waals surface area contributed by atoms with Gasteiger partial charge in [-0.2, -0.15) is 5.26 Å². The molecule has 2 aromatic rings. The Balaban J connectivity index is 2.10. The highest BCUT2D eigenvalue weighted by Gasteiger charge is 2.19. The van der Waals surface area contributed by atoms with Crippen LogP contribution in [0.1, 0.15) is 25.0 Å². The van der Waals surface area contributed by atoms with Crippen molar-refractivity contribution in [1.82, 2.24) is 4.98 Å². The molecule has 5 nitrogen and oxygen atoms in total. The van der Waals surface area contributed by atoms with Gasteiger partial charge in [0.25, 0.3) is 0 Å². The van der Waals surface area contributed by atoms with Crippen molar-refractivity contribution in [2.45, 2.75) is 20.5 Å². The van der Waals surface area contributed by atoms with Gasteiger partial charge < -0.3 is 4.74 Å². The Morgan fingerprint density at radius 3 is 2.57 bits per heavy atom. The van der Waals surface area contributed by atoms with E-state index < -0.39 is 6.09 Å². The molecule has 118 valence electrons. The van der Waals surface area contributed by atoms with Crippen LogP contribution in [0.15, 0.2) is 48.7 Å². The number of carbonyl (C=O) groups is 1. The molecule has 1 aromatic carbocycles. The summed E-state index contributed by atoms with van der Waals surface area (Å²) in [7, 11) is 0. The van der Waals surface area contributed by atoms with Crippen LogP contribution in [-0.2, 0) is 11.3 Å². The third-order valence-corrected chi connectivity index (χ3v) is 3.13. The van der Waals surface area contributed by atoms with Crippen molar-refractivity contribution in [3.05, 3.63) is 59.8 Å². The first-order chi connectivity index (χ1) is 11.1. The fraction of sp³-hybridized carbons (Fsp3) is 0.278. The largest absolute Gasteiger partial charge is 0.444 e. The summed E-state index contributed by atoms with van der Waals surface area (Å²) in [5.74, 6) is 0.743. The zero-order valence-electron chi connectivity index (χ0n) is 13.3. The Morgan fingerprint density at radius 1 is 1.26 bits per heavy atom. The van der Waals surface area contributed by atoms with E-state index in [4.69, 9.17) is 10.00 Å². The number of nitrogens with zero attached hydrogens (tertiary/aromatic N) is 3. The van der Waals surface area contributed by atoms with Crippen LogP contribution in [0.5, 0.6) is 0 Å². The number of amides is 1. The lowest BCUT2D eigenvalue weighted by Crippen LogP contribution is -2.35. The number of carbonyl (C=O) groups excluding carboxylic acids is 1. The van der Waals surface area contributed by atoms with E-state index in [0.717, 1.165) is 5.56 Å². The molecule has 5 heteroatoms. The van der Waals surface area contributed by atoms with Gasteiger partial charge in [0.15, 0.2) is 0 Å². The first-order valence-corrected chi connectivity index (χ1v) is 7.44.